The molecular formula is C20H21F3N6O2. The van der Waals surface area contributed by atoms with Gasteiger partial charge in [-0.3, -0.25) is 0 Å². The van der Waals surface area contributed by atoms with Crippen molar-refractivity contribution >= 4 is 11.6 Å². The van der Waals surface area contributed by atoms with Crippen LogP contribution in [-0.4, -0.2) is 41.3 Å². The Balaban J connectivity index is 1.59. The van der Waals surface area contributed by atoms with Crippen molar-refractivity contribution in [3.8, 4) is 5.69 Å². The summed E-state index contributed by atoms with van der Waals surface area (Å²) in [6.07, 6.45) is -0.571. The van der Waals surface area contributed by atoms with Gasteiger partial charge in [-0.25, -0.2) is 14.6 Å². The van der Waals surface area contributed by atoms with Crippen LogP contribution >= 0.6 is 0 Å². The van der Waals surface area contributed by atoms with E-state index in [2.05, 4.69) is 25.6 Å². The average molecular weight is 434 g/mol. The highest BCUT2D eigenvalue weighted by Crippen LogP contribution is 2.36. The van der Waals surface area contributed by atoms with Crippen LogP contribution in [0.1, 0.15) is 42.6 Å². The minimum Gasteiger partial charge on any atom is -0.393 e. The maximum Gasteiger partial charge on any atom is 0.433 e. The molecule has 164 valence electrons. The van der Waals surface area contributed by atoms with E-state index in [9.17, 15) is 23.4 Å². The Morgan fingerprint density at radius 3 is 2.65 bits per heavy atom. The fraction of sp³-hybridized carbons (Fsp3) is 0.400. The first kappa shape index (κ1) is 21.2. The highest BCUT2D eigenvalue weighted by atomic mass is 19.4. The van der Waals surface area contributed by atoms with E-state index in [4.69, 9.17) is 0 Å². The smallest absolute Gasteiger partial charge is 0.393 e. The quantitative estimate of drug-likeness (QED) is 0.578. The fourth-order valence-corrected chi connectivity index (χ4v) is 3.61. The van der Waals surface area contributed by atoms with Crippen LogP contribution in [0.15, 0.2) is 36.7 Å². The molecule has 3 aromatic rings. The summed E-state index contributed by atoms with van der Waals surface area (Å²) < 4.78 is 40.2. The van der Waals surface area contributed by atoms with Gasteiger partial charge in [0, 0.05) is 11.9 Å². The summed E-state index contributed by atoms with van der Waals surface area (Å²) in [7, 11) is 0. The molecule has 4 rings (SSSR count). The van der Waals surface area contributed by atoms with Crippen molar-refractivity contribution in [2.45, 2.75) is 50.5 Å². The van der Waals surface area contributed by atoms with Crippen molar-refractivity contribution in [2.75, 3.05) is 5.32 Å². The molecule has 0 aliphatic heterocycles. The third kappa shape index (κ3) is 4.67. The van der Waals surface area contributed by atoms with Gasteiger partial charge in [-0.1, -0.05) is 5.21 Å². The molecular weight excluding hydrogens is 413 g/mol. The van der Waals surface area contributed by atoms with Gasteiger partial charge in [0.15, 0.2) is 0 Å². The molecule has 0 amide bonds. The normalized spacial score (nSPS) is 21.8. The lowest BCUT2D eigenvalue weighted by atomic mass is 9.81. The minimum absolute atomic E-state index is 0.180. The van der Waals surface area contributed by atoms with Crippen LogP contribution in [0, 0.1) is 6.92 Å². The Labute approximate surface area is 175 Å². The van der Waals surface area contributed by atoms with Gasteiger partial charge in [-0.05, 0) is 62.4 Å². The highest BCUT2D eigenvalue weighted by Gasteiger charge is 2.37. The van der Waals surface area contributed by atoms with Crippen molar-refractivity contribution in [2.24, 2.45) is 0 Å². The van der Waals surface area contributed by atoms with Crippen molar-refractivity contribution < 1.29 is 23.4 Å². The molecule has 2 aromatic heterocycles. The van der Waals surface area contributed by atoms with Gasteiger partial charge in [-0.15, -0.1) is 5.10 Å². The van der Waals surface area contributed by atoms with Crippen molar-refractivity contribution in [1.29, 1.82) is 0 Å². The van der Waals surface area contributed by atoms with E-state index >= 15 is 0 Å². The molecule has 1 fully saturated rings. The van der Waals surface area contributed by atoms with Crippen molar-refractivity contribution in [3.05, 3.63) is 53.6 Å². The van der Waals surface area contributed by atoms with E-state index in [1.807, 2.05) is 13.0 Å². The topological polar surface area (TPSA) is 109 Å². The minimum atomic E-state index is -4.57. The number of rotatable bonds is 4. The predicted octanol–water partition coefficient (Wildman–Crippen LogP) is 3.25. The van der Waals surface area contributed by atoms with E-state index in [1.165, 1.54) is 4.68 Å². The second-order valence-electron chi connectivity index (χ2n) is 7.76. The molecule has 1 aliphatic rings. The number of halogens is 3. The number of nitrogens with one attached hydrogen (secondary N) is 1. The van der Waals surface area contributed by atoms with Gasteiger partial charge in [0.05, 0.1) is 18.0 Å². The van der Waals surface area contributed by atoms with Crippen LogP contribution < -0.4 is 5.32 Å². The number of anilines is 2. The molecule has 1 aromatic carbocycles. The van der Waals surface area contributed by atoms with Crippen molar-refractivity contribution in [1.82, 2.24) is 25.0 Å². The summed E-state index contributed by atoms with van der Waals surface area (Å²) in [5.74, 6) is -0.180. The average Bonchev–Trinajstić information content (AvgIpc) is 3.21. The Kier molecular flexibility index (Phi) is 5.40. The van der Waals surface area contributed by atoms with Crippen LogP contribution in [0.5, 0.6) is 0 Å². The number of alkyl halides is 3. The molecule has 0 saturated heterocycles. The first-order valence-electron chi connectivity index (χ1n) is 9.75. The summed E-state index contributed by atoms with van der Waals surface area (Å²) in [6.45, 7) is 1.83. The lowest BCUT2D eigenvalue weighted by Crippen LogP contribution is -2.33. The SMILES string of the molecule is Cc1cc(Nc2nccc(C(F)(F)F)n2)cc(-n2cc(C3(O)CCC(O)CC3)nn2)c1. The number of aryl methyl sites for hydroxylation is 1. The molecule has 1 saturated carbocycles. The number of hydrogen-bond donors (Lipinski definition) is 3. The van der Waals surface area contributed by atoms with E-state index in [1.54, 1.807) is 18.3 Å². The van der Waals surface area contributed by atoms with Gasteiger partial charge in [0.1, 0.15) is 17.0 Å². The molecule has 2 heterocycles. The Bertz CT molecular complexity index is 1080. The van der Waals surface area contributed by atoms with E-state index < -0.39 is 23.6 Å². The summed E-state index contributed by atoms with van der Waals surface area (Å²) in [5.41, 5.74) is 0.136. The maximum atomic E-state index is 12.9. The Hall–Kier alpha value is -3.05. The fourth-order valence-electron chi connectivity index (χ4n) is 3.61. The van der Waals surface area contributed by atoms with Crippen LogP contribution in [0.4, 0.5) is 24.8 Å². The standard InChI is InChI=1S/C20H21F3N6O2/c1-12-8-13(25-18-24-7-4-16(26-18)20(21,22)23)10-14(9-12)29-11-17(27-28-29)19(31)5-2-15(30)3-6-19/h4,7-11,15,30-31H,2-3,5-6H2,1H3,(H,24,25,26). The molecule has 1 aliphatic carbocycles. The van der Waals surface area contributed by atoms with Gasteiger partial charge in [0.2, 0.25) is 5.95 Å². The van der Waals surface area contributed by atoms with Gasteiger partial charge in [0.25, 0.3) is 0 Å². The predicted molar refractivity (Wildman–Crippen MR) is 105 cm³/mol. The number of aromatic nitrogens is 5. The van der Waals surface area contributed by atoms with E-state index in [0.29, 0.717) is 42.8 Å². The molecule has 8 nitrogen and oxygen atoms in total. The van der Waals surface area contributed by atoms with Crippen LogP contribution in [0.25, 0.3) is 5.69 Å². The maximum absolute atomic E-state index is 12.9. The van der Waals surface area contributed by atoms with E-state index in [0.717, 1.165) is 17.8 Å². The highest BCUT2D eigenvalue weighted by molar-refractivity contribution is 5.59. The number of aliphatic hydroxyl groups excluding tert-OH is 1. The third-order valence-corrected chi connectivity index (χ3v) is 5.28. The molecule has 11 heteroatoms. The summed E-state index contributed by atoms with van der Waals surface area (Å²) >= 11 is 0. The second-order valence-corrected chi connectivity index (χ2v) is 7.76. The number of benzene rings is 1. The molecule has 0 unspecified atom stereocenters. The Morgan fingerprint density at radius 1 is 1.19 bits per heavy atom. The zero-order valence-electron chi connectivity index (χ0n) is 16.6. The van der Waals surface area contributed by atoms with E-state index in [-0.39, 0.29) is 5.95 Å². The zero-order valence-corrected chi connectivity index (χ0v) is 16.6. The van der Waals surface area contributed by atoms with Gasteiger partial charge >= 0.3 is 6.18 Å². The molecule has 0 spiro atoms. The number of nitrogens with zero attached hydrogens (tertiary/aromatic N) is 5. The molecule has 0 bridgehead atoms. The number of aliphatic hydroxyl groups is 2. The summed E-state index contributed by atoms with van der Waals surface area (Å²) in [4.78, 5) is 7.37. The van der Waals surface area contributed by atoms with Crippen LogP contribution in [0.3, 0.4) is 0 Å². The third-order valence-electron chi connectivity index (χ3n) is 5.28. The molecule has 31 heavy (non-hydrogen) atoms. The summed E-state index contributed by atoms with van der Waals surface area (Å²) in [5, 5.41) is 31.5. The molecule has 0 atom stereocenters. The molecule has 0 radical (unpaired) electrons. The zero-order chi connectivity index (χ0) is 22.2. The lowest BCUT2D eigenvalue weighted by molar-refractivity contribution is -0.141. The first-order chi connectivity index (χ1) is 14.6. The largest absolute Gasteiger partial charge is 0.433 e. The van der Waals surface area contributed by atoms with Crippen molar-refractivity contribution in [3.63, 3.8) is 0 Å². The monoisotopic (exact) mass is 434 g/mol. The Morgan fingerprint density at radius 2 is 1.94 bits per heavy atom. The van der Waals surface area contributed by atoms with Crippen LogP contribution in [-0.2, 0) is 11.8 Å². The second kappa shape index (κ2) is 7.89. The summed E-state index contributed by atoms with van der Waals surface area (Å²) in [6, 6.07) is 6.04. The first-order valence-corrected chi connectivity index (χ1v) is 9.75. The van der Waals surface area contributed by atoms with Crippen LogP contribution in [0.2, 0.25) is 0 Å². The van der Waals surface area contributed by atoms with Gasteiger partial charge < -0.3 is 15.5 Å². The lowest BCUT2D eigenvalue weighted by Gasteiger charge is -2.32. The number of hydrogen-bond acceptors (Lipinski definition) is 7. The molecule has 3 N–H and O–H groups in total. The van der Waals surface area contributed by atoms with Gasteiger partial charge in [-0.2, -0.15) is 13.2 Å².